The summed E-state index contributed by atoms with van der Waals surface area (Å²) < 4.78 is 0. The third kappa shape index (κ3) is 3.09. The molecule has 1 aromatic carbocycles. The third-order valence-electron chi connectivity index (χ3n) is 2.76. The number of carboxylic acid groups (broad SMARTS) is 1. The molecule has 1 rings (SSSR count). The van der Waals surface area contributed by atoms with Crippen molar-refractivity contribution < 1.29 is 20.1 Å². The second-order valence-electron chi connectivity index (χ2n) is 4.19. The van der Waals surface area contributed by atoms with Crippen LogP contribution in [-0.2, 0) is 4.79 Å². The van der Waals surface area contributed by atoms with Gasteiger partial charge < -0.3 is 21.1 Å². The second-order valence-corrected chi connectivity index (χ2v) is 4.19. The van der Waals surface area contributed by atoms with Crippen molar-refractivity contribution in [3.05, 3.63) is 40.1 Å². The number of aliphatic hydroxyl groups is 2. The number of nitrogens with two attached hydrogens (primary N) is 1. The zero-order valence-electron chi connectivity index (χ0n) is 10.3. The SMILES string of the molecule is Cc1cc(C(N)CO)c(C)cc1/C=C(\O)C(=O)O. The summed E-state index contributed by atoms with van der Waals surface area (Å²) in [6.45, 7) is 3.45. The Bertz CT molecular complexity index is 494. The predicted molar refractivity (Wildman–Crippen MR) is 68.2 cm³/mol. The molecule has 98 valence electrons. The fourth-order valence-corrected chi connectivity index (χ4v) is 1.72. The highest BCUT2D eigenvalue weighted by atomic mass is 16.4. The Labute approximate surface area is 105 Å². The quantitative estimate of drug-likeness (QED) is 0.476. The molecule has 18 heavy (non-hydrogen) atoms. The summed E-state index contributed by atoms with van der Waals surface area (Å²) in [5.41, 5.74) is 8.80. The maximum absolute atomic E-state index is 10.6. The van der Waals surface area contributed by atoms with Crippen LogP contribution in [0.15, 0.2) is 17.9 Å². The van der Waals surface area contributed by atoms with Crippen LogP contribution in [0.3, 0.4) is 0 Å². The van der Waals surface area contributed by atoms with E-state index in [0.717, 1.165) is 16.7 Å². The van der Waals surface area contributed by atoms with E-state index < -0.39 is 17.8 Å². The molecule has 0 spiro atoms. The molecule has 0 radical (unpaired) electrons. The Hall–Kier alpha value is -1.85. The van der Waals surface area contributed by atoms with E-state index >= 15 is 0 Å². The van der Waals surface area contributed by atoms with Crippen LogP contribution >= 0.6 is 0 Å². The van der Waals surface area contributed by atoms with Gasteiger partial charge in [0.05, 0.1) is 12.6 Å². The average Bonchev–Trinajstić information content (AvgIpc) is 2.32. The summed E-state index contributed by atoms with van der Waals surface area (Å²) in [5, 5.41) is 26.9. The van der Waals surface area contributed by atoms with Crippen molar-refractivity contribution in [2.75, 3.05) is 6.61 Å². The van der Waals surface area contributed by atoms with Crippen LogP contribution in [0.25, 0.3) is 6.08 Å². The highest BCUT2D eigenvalue weighted by molar-refractivity contribution is 5.89. The minimum Gasteiger partial charge on any atom is -0.502 e. The fourth-order valence-electron chi connectivity index (χ4n) is 1.72. The molecule has 0 aliphatic rings. The Morgan fingerprint density at radius 2 is 1.94 bits per heavy atom. The van der Waals surface area contributed by atoms with Crippen LogP contribution in [0, 0.1) is 13.8 Å². The van der Waals surface area contributed by atoms with Gasteiger partial charge in [0, 0.05) is 0 Å². The van der Waals surface area contributed by atoms with Gasteiger partial charge in [-0.2, -0.15) is 0 Å². The number of rotatable bonds is 4. The number of hydrogen-bond acceptors (Lipinski definition) is 4. The molecule has 5 N–H and O–H groups in total. The normalized spacial score (nSPS) is 13.4. The zero-order chi connectivity index (χ0) is 13.9. The largest absolute Gasteiger partial charge is 0.502 e. The van der Waals surface area contributed by atoms with E-state index in [9.17, 15) is 9.90 Å². The molecule has 0 fully saturated rings. The number of hydrogen-bond donors (Lipinski definition) is 4. The molecule has 0 heterocycles. The molecule has 1 atom stereocenters. The van der Waals surface area contributed by atoms with Gasteiger partial charge in [0.25, 0.3) is 0 Å². The lowest BCUT2D eigenvalue weighted by molar-refractivity contribution is -0.135. The Morgan fingerprint density at radius 3 is 2.44 bits per heavy atom. The van der Waals surface area contributed by atoms with Crippen molar-refractivity contribution in [1.29, 1.82) is 0 Å². The number of carboxylic acids is 1. The van der Waals surface area contributed by atoms with Crippen molar-refractivity contribution in [3.8, 4) is 0 Å². The van der Waals surface area contributed by atoms with Crippen molar-refractivity contribution >= 4 is 12.0 Å². The van der Waals surface area contributed by atoms with E-state index in [1.54, 1.807) is 19.1 Å². The van der Waals surface area contributed by atoms with Crippen molar-refractivity contribution in [2.24, 2.45) is 5.73 Å². The van der Waals surface area contributed by atoms with Crippen molar-refractivity contribution in [2.45, 2.75) is 19.9 Å². The summed E-state index contributed by atoms with van der Waals surface area (Å²) in [6.07, 6.45) is 1.19. The summed E-state index contributed by atoms with van der Waals surface area (Å²) in [7, 11) is 0. The predicted octanol–water partition coefficient (Wildman–Crippen LogP) is 1.28. The number of aryl methyl sites for hydroxylation is 2. The summed E-state index contributed by atoms with van der Waals surface area (Å²) in [4.78, 5) is 10.6. The molecule has 1 aromatic rings. The van der Waals surface area contributed by atoms with Gasteiger partial charge in [-0.3, -0.25) is 0 Å². The van der Waals surface area contributed by atoms with Gasteiger partial charge in [0.2, 0.25) is 5.76 Å². The second kappa shape index (κ2) is 5.66. The van der Waals surface area contributed by atoms with Gasteiger partial charge in [-0.15, -0.1) is 0 Å². The van der Waals surface area contributed by atoms with Crippen LogP contribution in [0.4, 0.5) is 0 Å². The minimum atomic E-state index is -1.37. The maximum Gasteiger partial charge on any atom is 0.370 e. The number of benzene rings is 1. The summed E-state index contributed by atoms with van der Waals surface area (Å²) in [6, 6.07) is 3.06. The van der Waals surface area contributed by atoms with Gasteiger partial charge >= 0.3 is 5.97 Å². The first kappa shape index (κ1) is 14.2. The van der Waals surface area contributed by atoms with Crippen LogP contribution in [0.1, 0.15) is 28.3 Å². The third-order valence-corrected chi connectivity index (χ3v) is 2.76. The molecule has 0 aliphatic carbocycles. The Morgan fingerprint density at radius 1 is 1.33 bits per heavy atom. The standard InChI is InChI=1S/C13H17NO4/c1-7-4-10(11(14)6-15)8(2)3-9(7)5-12(16)13(17)18/h3-5,11,15-16H,6,14H2,1-2H3,(H,17,18)/b12-5-. The molecule has 1 unspecified atom stereocenters. The number of aliphatic hydroxyl groups excluding tert-OH is 2. The van der Waals surface area contributed by atoms with Crippen molar-refractivity contribution in [3.63, 3.8) is 0 Å². The van der Waals surface area contributed by atoms with Gasteiger partial charge in [-0.05, 0) is 42.2 Å². The lowest BCUT2D eigenvalue weighted by Crippen LogP contribution is -2.16. The van der Waals surface area contributed by atoms with E-state index in [-0.39, 0.29) is 6.61 Å². The lowest BCUT2D eigenvalue weighted by atomic mass is 9.95. The van der Waals surface area contributed by atoms with Crippen molar-refractivity contribution in [1.82, 2.24) is 0 Å². The molecular weight excluding hydrogens is 234 g/mol. The first-order valence-electron chi connectivity index (χ1n) is 5.48. The van der Waals surface area contributed by atoms with Crippen LogP contribution in [0.5, 0.6) is 0 Å². The fraction of sp³-hybridized carbons (Fsp3) is 0.308. The highest BCUT2D eigenvalue weighted by Crippen LogP contribution is 2.22. The molecule has 0 saturated heterocycles. The summed E-state index contributed by atoms with van der Waals surface area (Å²) in [5.74, 6) is -2.08. The zero-order valence-corrected chi connectivity index (χ0v) is 10.3. The topological polar surface area (TPSA) is 104 Å². The van der Waals surface area contributed by atoms with Gasteiger partial charge in [0.15, 0.2) is 0 Å². The van der Waals surface area contributed by atoms with E-state index in [4.69, 9.17) is 15.9 Å². The molecular formula is C13H17NO4. The van der Waals surface area contributed by atoms with E-state index in [2.05, 4.69) is 0 Å². The minimum absolute atomic E-state index is 0.157. The average molecular weight is 251 g/mol. The smallest absolute Gasteiger partial charge is 0.370 e. The molecule has 0 amide bonds. The van der Waals surface area contributed by atoms with Gasteiger partial charge in [0.1, 0.15) is 0 Å². The molecule has 5 nitrogen and oxygen atoms in total. The van der Waals surface area contributed by atoms with E-state index in [0.29, 0.717) is 5.56 Å². The number of carbonyl (C=O) groups is 1. The Balaban J connectivity index is 3.23. The van der Waals surface area contributed by atoms with Crippen LogP contribution in [0.2, 0.25) is 0 Å². The first-order chi connectivity index (χ1) is 8.36. The van der Waals surface area contributed by atoms with Crippen LogP contribution in [-0.4, -0.2) is 27.9 Å². The Kier molecular flexibility index (Phi) is 4.47. The van der Waals surface area contributed by atoms with E-state index in [1.807, 2.05) is 6.92 Å². The lowest BCUT2D eigenvalue weighted by Gasteiger charge is -2.14. The van der Waals surface area contributed by atoms with Gasteiger partial charge in [-0.25, -0.2) is 4.79 Å². The molecule has 0 aromatic heterocycles. The molecule has 0 aliphatic heterocycles. The molecule has 0 saturated carbocycles. The monoisotopic (exact) mass is 251 g/mol. The van der Waals surface area contributed by atoms with Crippen LogP contribution < -0.4 is 5.73 Å². The highest BCUT2D eigenvalue weighted by Gasteiger charge is 2.11. The molecule has 5 heteroatoms. The van der Waals surface area contributed by atoms with Gasteiger partial charge in [-0.1, -0.05) is 12.1 Å². The van der Waals surface area contributed by atoms with E-state index in [1.165, 1.54) is 6.08 Å². The molecule has 0 bridgehead atoms. The maximum atomic E-state index is 10.6. The summed E-state index contributed by atoms with van der Waals surface area (Å²) >= 11 is 0. The number of aliphatic carboxylic acids is 1. The first-order valence-corrected chi connectivity index (χ1v) is 5.48.